The third-order valence-corrected chi connectivity index (χ3v) is 4.39. The zero-order valence-electron chi connectivity index (χ0n) is 12.0. The summed E-state index contributed by atoms with van der Waals surface area (Å²) in [5, 5.41) is 3.12. The summed E-state index contributed by atoms with van der Waals surface area (Å²) in [6.07, 6.45) is 0. The number of hydrogen-bond acceptors (Lipinski definition) is 2. The highest BCUT2D eigenvalue weighted by molar-refractivity contribution is 14.1. The lowest BCUT2D eigenvalue weighted by Crippen LogP contribution is -2.14. The van der Waals surface area contributed by atoms with Gasteiger partial charge in [0.15, 0.2) is 5.65 Å². The number of nitrogens with one attached hydrogen (secondary N) is 1. The second-order valence-electron chi connectivity index (χ2n) is 5.22. The Balaban J connectivity index is 1.87. The number of rotatable bonds is 2. The number of aromatic amines is 1. The van der Waals surface area contributed by atoms with Gasteiger partial charge in [0.2, 0.25) is 0 Å². The van der Waals surface area contributed by atoms with Gasteiger partial charge in [-0.1, -0.05) is 42.5 Å². The van der Waals surface area contributed by atoms with E-state index in [0.717, 1.165) is 16.8 Å². The molecule has 112 valence electrons. The smallest absolute Gasteiger partial charge is 0.273 e. The molecule has 4 nitrogen and oxygen atoms in total. The summed E-state index contributed by atoms with van der Waals surface area (Å²) < 4.78 is 2.64. The molecule has 0 aliphatic carbocycles. The molecular formula is C18H12IN3O. The maximum absolute atomic E-state index is 12.4. The lowest BCUT2D eigenvalue weighted by molar-refractivity contribution is 0.904. The highest BCUT2D eigenvalue weighted by Crippen LogP contribution is 2.21. The molecule has 2 heterocycles. The molecule has 0 unspecified atom stereocenters. The largest absolute Gasteiger partial charge is 0.289 e. The number of aromatic nitrogens is 3. The first-order chi connectivity index (χ1) is 11.2. The van der Waals surface area contributed by atoms with E-state index in [-0.39, 0.29) is 5.56 Å². The Hall–Kier alpha value is -2.41. The molecule has 0 amide bonds. The van der Waals surface area contributed by atoms with E-state index in [1.807, 2.05) is 60.7 Å². The molecule has 0 aliphatic rings. The summed E-state index contributed by atoms with van der Waals surface area (Å²) in [7, 11) is 0. The van der Waals surface area contributed by atoms with Crippen LogP contribution in [0.1, 0.15) is 0 Å². The van der Waals surface area contributed by atoms with E-state index in [0.29, 0.717) is 11.3 Å². The Morgan fingerprint density at radius 1 is 0.913 bits per heavy atom. The molecule has 4 rings (SSSR count). The van der Waals surface area contributed by atoms with Crippen molar-refractivity contribution < 1.29 is 0 Å². The van der Waals surface area contributed by atoms with Crippen molar-refractivity contribution in [1.29, 1.82) is 0 Å². The van der Waals surface area contributed by atoms with Gasteiger partial charge >= 0.3 is 0 Å². The van der Waals surface area contributed by atoms with E-state index in [4.69, 9.17) is 0 Å². The van der Waals surface area contributed by atoms with Gasteiger partial charge in [-0.2, -0.15) is 0 Å². The van der Waals surface area contributed by atoms with Crippen molar-refractivity contribution in [1.82, 2.24) is 14.6 Å². The first kappa shape index (κ1) is 14.2. The van der Waals surface area contributed by atoms with Crippen LogP contribution >= 0.6 is 22.6 Å². The van der Waals surface area contributed by atoms with Gasteiger partial charge in [0.1, 0.15) is 0 Å². The number of hydrogen-bond donors (Lipinski definition) is 1. The van der Waals surface area contributed by atoms with Crippen molar-refractivity contribution in [2.45, 2.75) is 0 Å². The van der Waals surface area contributed by atoms with E-state index in [9.17, 15) is 4.79 Å². The van der Waals surface area contributed by atoms with Gasteiger partial charge in [0, 0.05) is 21.3 Å². The number of fused-ring (bicyclic) bond motifs is 1. The van der Waals surface area contributed by atoms with Crippen LogP contribution in [-0.4, -0.2) is 14.6 Å². The Morgan fingerprint density at radius 2 is 1.65 bits per heavy atom. The van der Waals surface area contributed by atoms with Gasteiger partial charge < -0.3 is 0 Å². The number of nitrogens with zero attached hydrogens (tertiary/aromatic N) is 2. The third kappa shape index (κ3) is 2.68. The van der Waals surface area contributed by atoms with Gasteiger partial charge in [-0.3, -0.25) is 9.89 Å². The molecule has 0 saturated heterocycles. The zero-order valence-corrected chi connectivity index (χ0v) is 14.2. The average molecular weight is 413 g/mol. The van der Waals surface area contributed by atoms with Gasteiger partial charge in [-0.05, 0) is 40.3 Å². The minimum atomic E-state index is -0.120. The Bertz CT molecular complexity index is 1030. The Kier molecular flexibility index (Phi) is 3.49. The highest BCUT2D eigenvalue weighted by atomic mass is 127. The van der Waals surface area contributed by atoms with Crippen LogP contribution in [-0.2, 0) is 0 Å². The second-order valence-corrected chi connectivity index (χ2v) is 6.46. The zero-order chi connectivity index (χ0) is 15.8. The maximum Gasteiger partial charge on any atom is 0.273 e. The minimum Gasteiger partial charge on any atom is -0.289 e. The van der Waals surface area contributed by atoms with Gasteiger partial charge in [0.25, 0.3) is 5.56 Å². The predicted octanol–water partition coefficient (Wildman–Crippen LogP) is 3.96. The van der Waals surface area contributed by atoms with Crippen LogP contribution < -0.4 is 5.56 Å². The van der Waals surface area contributed by atoms with Crippen LogP contribution in [0.2, 0.25) is 0 Å². The first-order valence-corrected chi connectivity index (χ1v) is 8.23. The van der Waals surface area contributed by atoms with Crippen molar-refractivity contribution >= 4 is 28.2 Å². The molecule has 0 fully saturated rings. The standard InChI is InChI=1S/C18H12IN3O/c19-14-8-6-13(7-9-14)16-10-17-20-15(11-18(23)22(17)21-16)12-4-2-1-3-5-12/h1-11,21H. The SMILES string of the molecule is O=c1cc(-c2ccccc2)nc2cc(-c3ccc(I)cc3)[nH]n12. The monoisotopic (exact) mass is 413 g/mol. The van der Waals surface area contributed by atoms with Crippen molar-refractivity contribution in [3.8, 4) is 22.5 Å². The van der Waals surface area contributed by atoms with E-state index in [1.165, 1.54) is 8.09 Å². The molecule has 2 aromatic carbocycles. The summed E-state index contributed by atoms with van der Waals surface area (Å²) in [5.41, 5.74) is 4.01. The van der Waals surface area contributed by atoms with Crippen LogP contribution in [0.25, 0.3) is 28.2 Å². The normalized spacial score (nSPS) is 11.0. The van der Waals surface area contributed by atoms with Crippen LogP contribution in [0.3, 0.4) is 0 Å². The molecule has 0 atom stereocenters. The molecule has 0 saturated carbocycles. The quantitative estimate of drug-likeness (QED) is 0.506. The molecule has 23 heavy (non-hydrogen) atoms. The van der Waals surface area contributed by atoms with Crippen molar-refractivity contribution in [2.75, 3.05) is 0 Å². The summed E-state index contributed by atoms with van der Waals surface area (Å²) >= 11 is 2.27. The minimum absolute atomic E-state index is 0.120. The van der Waals surface area contributed by atoms with E-state index in [1.54, 1.807) is 6.07 Å². The van der Waals surface area contributed by atoms with E-state index < -0.39 is 0 Å². The molecule has 0 radical (unpaired) electrons. The number of benzene rings is 2. The van der Waals surface area contributed by atoms with Gasteiger partial charge in [-0.15, -0.1) is 0 Å². The fraction of sp³-hybridized carbons (Fsp3) is 0. The second kappa shape index (κ2) is 5.66. The number of halogens is 1. The molecule has 5 heteroatoms. The lowest BCUT2D eigenvalue weighted by Gasteiger charge is -2.00. The number of H-pyrrole nitrogens is 1. The highest BCUT2D eigenvalue weighted by Gasteiger charge is 2.09. The fourth-order valence-electron chi connectivity index (χ4n) is 2.53. The Morgan fingerprint density at radius 3 is 2.39 bits per heavy atom. The van der Waals surface area contributed by atoms with Crippen LogP contribution in [0.4, 0.5) is 0 Å². The van der Waals surface area contributed by atoms with E-state index in [2.05, 4.69) is 32.7 Å². The van der Waals surface area contributed by atoms with Crippen LogP contribution in [0, 0.1) is 3.57 Å². The molecule has 4 aromatic rings. The average Bonchev–Trinajstić information content (AvgIpc) is 3.01. The first-order valence-electron chi connectivity index (χ1n) is 7.15. The Labute approximate surface area is 145 Å². The van der Waals surface area contributed by atoms with Gasteiger partial charge in [-0.25, -0.2) is 9.50 Å². The van der Waals surface area contributed by atoms with Crippen molar-refractivity contribution in [3.05, 3.63) is 80.7 Å². The van der Waals surface area contributed by atoms with Crippen LogP contribution in [0.15, 0.2) is 71.5 Å². The lowest BCUT2D eigenvalue weighted by atomic mass is 10.1. The van der Waals surface area contributed by atoms with Crippen molar-refractivity contribution in [2.24, 2.45) is 0 Å². The molecule has 0 spiro atoms. The molecular weight excluding hydrogens is 401 g/mol. The van der Waals surface area contributed by atoms with Gasteiger partial charge in [0.05, 0.1) is 11.4 Å². The molecule has 0 aliphatic heterocycles. The van der Waals surface area contributed by atoms with E-state index >= 15 is 0 Å². The molecule has 0 bridgehead atoms. The van der Waals surface area contributed by atoms with Crippen molar-refractivity contribution in [3.63, 3.8) is 0 Å². The summed E-state index contributed by atoms with van der Waals surface area (Å²) in [5.74, 6) is 0. The predicted molar refractivity (Wildman–Crippen MR) is 99.4 cm³/mol. The molecule has 2 aromatic heterocycles. The third-order valence-electron chi connectivity index (χ3n) is 3.68. The summed E-state index contributed by atoms with van der Waals surface area (Å²) in [6.45, 7) is 0. The topological polar surface area (TPSA) is 50.2 Å². The summed E-state index contributed by atoms with van der Waals surface area (Å²) in [6, 6.07) is 21.3. The van der Waals surface area contributed by atoms with Crippen LogP contribution in [0.5, 0.6) is 0 Å². The maximum atomic E-state index is 12.4. The summed E-state index contributed by atoms with van der Waals surface area (Å²) in [4.78, 5) is 17.0. The fourth-order valence-corrected chi connectivity index (χ4v) is 2.88. The molecule has 1 N–H and O–H groups in total.